The molecule has 2 nitrogen and oxygen atoms in total. The molecular weight excluding hydrogens is 246 g/mol. The van der Waals surface area contributed by atoms with Gasteiger partial charge < -0.3 is 5.32 Å². The summed E-state index contributed by atoms with van der Waals surface area (Å²) in [5, 5.41) is 3.36. The maximum Gasteiger partial charge on any atom is 0.251 e. The number of hydrogen-bond acceptors (Lipinski definition) is 2. The summed E-state index contributed by atoms with van der Waals surface area (Å²) >= 11 is 0. The van der Waals surface area contributed by atoms with Crippen LogP contribution in [0.1, 0.15) is 29.7 Å². The van der Waals surface area contributed by atoms with E-state index in [1.54, 1.807) is 11.9 Å². The minimum Gasteiger partial charge on any atom is -0.309 e. The lowest BCUT2D eigenvalue weighted by Crippen LogP contribution is -2.35. The second-order valence-corrected chi connectivity index (χ2v) is 5.07. The molecule has 0 radical (unpaired) electrons. The highest BCUT2D eigenvalue weighted by Crippen LogP contribution is 2.18. The van der Waals surface area contributed by atoms with Crippen molar-refractivity contribution in [2.45, 2.75) is 33.2 Å². The number of likely N-dealkylation sites (N-methyl/N-ethyl adjacent to an activating group) is 2. The zero-order chi connectivity index (χ0) is 14.4. The predicted octanol–water partition coefficient (Wildman–Crippen LogP) is 3.15. The normalized spacial score (nSPS) is 13.3. The van der Waals surface area contributed by atoms with Gasteiger partial charge in [-0.15, -0.1) is 0 Å². The van der Waals surface area contributed by atoms with Gasteiger partial charge in [0.2, 0.25) is 0 Å². The van der Waals surface area contributed by atoms with E-state index in [9.17, 15) is 8.78 Å². The highest BCUT2D eigenvalue weighted by atomic mass is 19.3. The average molecular weight is 270 g/mol. The summed E-state index contributed by atoms with van der Waals surface area (Å²) in [7, 11) is 1.73. The van der Waals surface area contributed by atoms with Crippen LogP contribution in [0.2, 0.25) is 0 Å². The number of alkyl halides is 2. The molecule has 0 aliphatic heterocycles. The van der Waals surface area contributed by atoms with Gasteiger partial charge in [0.15, 0.2) is 0 Å². The SMILES string of the molecule is CCNC(CN(C)CC(F)F)c1ccc(C)c(C)c1. The third kappa shape index (κ3) is 5.25. The summed E-state index contributed by atoms with van der Waals surface area (Å²) in [5.74, 6) is 0. The molecule has 19 heavy (non-hydrogen) atoms. The summed E-state index contributed by atoms with van der Waals surface area (Å²) in [6.07, 6.45) is -2.29. The van der Waals surface area contributed by atoms with Crippen LogP contribution < -0.4 is 5.32 Å². The summed E-state index contributed by atoms with van der Waals surface area (Å²) in [6.45, 7) is 7.39. The topological polar surface area (TPSA) is 15.3 Å². The zero-order valence-corrected chi connectivity index (χ0v) is 12.2. The Bertz CT molecular complexity index is 394. The number of aryl methyl sites for hydroxylation is 2. The fourth-order valence-corrected chi connectivity index (χ4v) is 2.14. The van der Waals surface area contributed by atoms with Crippen molar-refractivity contribution in [1.29, 1.82) is 0 Å². The van der Waals surface area contributed by atoms with Gasteiger partial charge in [-0.1, -0.05) is 25.1 Å². The van der Waals surface area contributed by atoms with Crippen LogP contribution in [0.5, 0.6) is 0 Å². The number of benzene rings is 1. The minimum atomic E-state index is -2.29. The van der Waals surface area contributed by atoms with E-state index in [-0.39, 0.29) is 12.6 Å². The van der Waals surface area contributed by atoms with Gasteiger partial charge in [0.25, 0.3) is 6.43 Å². The quantitative estimate of drug-likeness (QED) is 0.819. The molecule has 0 aliphatic carbocycles. The highest BCUT2D eigenvalue weighted by molar-refractivity contribution is 5.31. The van der Waals surface area contributed by atoms with Crippen LogP contribution in [-0.4, -0.2) is 38.0 Å². The Labute approximate surface area is 114 Å². The van der Waals surface area contributed by atoms with Crippen molar-refractivity contribution in [3.05, 3.63) is 34.9 Å². The van der Waals surface area contributed by atoms with Crippen molar-refractivity contribution >= 4 is 0 Å². The number of halogens is 2. The molecule has 1 atom stereocenters. The molecule has 0 aromatic heterocycles. The Hall–Kier alpha value is -1.00. The van der Waals surface area contributed by atoms with E-state index in [0.717, 1.165) is 12.1 Å². The molecule has 0 fully saturated rings. The maximum absolute atomic E-state index is 12.4. The number of hydrogen-bond donors (Lipinski definition) is 1. The molecule has 4 heteroatoms. The Morgan fingerprint density at radius 2 is 1.84 bits per heavy atom. The van der Waals surface area contributed by atoms with Crippen LogP contribution in [0.25, 0.3) is 0 Å². The Morgan fingerprint density at radius 1 is 1.16 bits per heavy atom. The number of nitrogens with zero attached hydrogens (tertiary/aromatic N) is 1. The Balaban J connectivity index is 2.78. The minimum absolute atomic E-state index is 0.0908. The largest absolute Gasteiger partial charge is 0.309 e. The monoisotopic (exact) mass is 270 g/mol. The molecule has 1 unspecified atom stereocenters. The van der Waals surface area contributed by atoms with Gasteiger partial charge in [-0.3, -0.25) is 4.90 Å². The number of nitrogens with one attached hydrogen (secondary N) is 1. The van der Waals surface area contributed by atoms with Crippen LogP contribution in [-0.2, 0) is 0 Å². The van der Waals surface area contributed by atoms with Gasteiger partial charge in [0.1, 0.15) is 0 Å². The molecular formula is C15H24F2N2. The van der Waals surface area contributed by atoms with Crippen molar-refractivity contribution in [3.8, 4) is 0 Å². The van der Waals surface area contributed by atoms with Gasteiger partial charge in [-0.25, -0.2) is 8.78 Å². The molecule has 1 aromatic carbocycles. The van der Waals surface area contributed by atoms with Gasteiger partial charge in [0.05, 0.1) is 6.54 Å². The summed E-state index contributed by atoms with van der Waals surface area (Å²) < 4.78 is 24.8. The van der Waals surface area contributed by atoms with Gasteiger partial charge in [-0.05, 0) is 44.1 Å². The van der Waals surface area contributed by atoms with Crippen molar-refractivity contribution < 1.29 is 8.78 Å². The second kappa shape index (κ2) is 7.56. The van der Waals surface area contributed by atoms with E-state index < -0.39 is 6.43 Å². The standard InChI is InChI=1S/C15H24F2N2/c1-5-18-14(9-19(4)10-15(16)17)13-7-6-11(2)12(3)8-13/h6-8,14-15,18H,5,9-10H2,1-4H3. The molecule has 0 aliphatic rings. The summed E-state index contributed by atoms with van der Waals surface area (Å²) in [4.78, 5) is 1.67. The molecule has 0 spiro atoms. The molecule has 1 N–H and O–H groups in total. The summed E-state index contributed by atoms with van der Waals surface area (Å²) in [6, 6.07) is 6.39. The lowest BCUT2D eigenvalue weighted by atomic mass is 10.0. The molecule has 0 saturated heterocycles. The van der Waals surface area contributed by atoms with Crippen LogP contribution in [0.15, 0.2) is 18.2 Å². The molecule has 1 aromatic rings. The predicted molar refractivity (Wildman–Crippen MR) is 75.8 cm³/mol. The molecule has 0 amide bonds. The van der Waals surface area contributed by atoms with E-state index in [1.165, 1.54) is 11.1 Å². The lowest BCUT2D eigenvalue weighted by molar-refractivity contribution is 0.0959. The van der Waals surface area contributed by atoms with Gasteiger partial charge in [-0.2, -0.15) is 0 Å². The first-order valence-electron chi connectivity index (χ1n) is 6.71. The van der Waals surface area contributed by atoms with E-state index in [0.29, 0.717) is 6.54 Å². The fourth-order valence-electron chi connectivity index (χ4n) is 2.14. The van der Waals surface area contributed by atoms with Crippen molar-refractivity contribution in [2.75, 3.05) is 26.7 Å². The molecule has 1 rings (SSSR count). The van der Waals surface area contributed by atoms with E-state index >= 15 is 0 Å². The third-order valence-electron chi connectivity index (χ3n) is 3.33. The van der Waals surface area contributed by atoms with Crippen LogP contribution >= 0.6 is 0 Å². The molecule has 108 valence electrons. The molecule has 0 bridgehead atoms. The van der Waals surface area contributed by atoms with E-state index in [4.69, 9.17) is 0 Å². The van der Waals surface area contributed by atoms with E-state index in [2.05, 4.69) is 37.4 Å². The maximum atomic E-state index is 12.4. The molecule has 0 heterocycles. The Kier molecular flexibility index (Phi) is 6.38. The van der Waals surface area contributed by atoms with Gasteiger partial charge in [0, 0.05) is 12.6 Å². The third-order valence-corrected chi connectivity index (χ3v) is 3.33. The second-order valence-electron chi connectivity index (χ2n) is 5.07. The number of rotatable bonds is 7. The van der Waals surface area contributed by atoms with E-state index in [1.807, 2.05) is 6.92 Å². The average Bonchev–Trinajstić information content (AvgIpc) is 2.31. The van der Waals surface area contributed by atoms with Crippen LogP contribution in [0.3, 0.4) is 0 Å². The summed E-state index contributed by atoms with van der Waals surface area (Å²) in [5.41, 5.74) is 3.64. The first kappa shape index (κ1) is 16.1. The smallest absolute Gasteiger partial charge is 0.251 e. The fraction of sp³-hybridized carbons (Fsp3) is 0.600. The van der Waals surface area contributed by atoms with Crippen LogP contribution in [0, 0.1) is 13.8 Å². The lowest BCUT2D eigenvalue weighted by Gasteiger charge is -2.25. The highest BCUT2D eigenvalue weighted by Gasteiger charge is 2.16. The van der Waals surface area contributed by atoms with Crippen molar-refractivity contribution in [3.63, 3.8) is 0 Å². The Morgan fingerprint density at radius 3 is 2.37 bits per heavy atom. The van der Waals surface area contributed by atoms with Gasteiger partial charge >= 0.3 is 0 Å². The first-order valence-corrected chi connectivity index (χ1v) is 6.71. The molecule has 0 saturated carbocycles. The van der Waals surface area contributed by atoms with Crippen LogP contribution in [0.4, 0.5) is 8.78 Å². The van der Waals surface area contributed by atoms with Crippen molar-refractivity contribution in [2.24, 2.45) is 0 Å². The zero-order valence-electron chi connectivity index (χ0n) is 12.2. The van der Waals surface area contributed by atoms with Crippen molar-refractivity contribution in [1.82, 2.24) is 10.2 Å². The first-order chi connectivity index (χ1) is 8.93.